The number of hydrogen-bond donors (Lipinski definition) is 2. The topological polar surface area (TPSA) is 58.2 Å². The van der Waals surface area contributed by atoms with Crippen molar-refractivity contribution in [2.75, 3.05) is 13.1 Å². The highest BCUT2D eigenvalue weighted by molar-refractivity contribution is 6.53. The van der Waals surface area contributed by atoms with Crippen LogP contribution in [-0.4, -0.2) is 29.2 Å². The minimum Gasteiger partial charge on any atom is -0.354 e. The lowest BCUT2D eigenvalue weighted by Crippen LogP contribution is -2.39. The van der Waals surface area contributed by atoms with Gasteiger partial charge in [-0.1, -0.05) is 13.8 Å². The molecule has 98 valence electrons. The molecule has 1 saturated carbocycles. The number of amides is 2. The first-order valence-corrected chi connectivity index (χ1v) is 6.40. The van der Waals surface area contributed by atoms with Crippen LogP contribution in [0.4, 0.5) is 0 Å². The number of hydrogen-bond acceptors (Lipinski definition) is 2. The van der Waals surface area contributed by atoms with Gasteiger partial charge in [0.25, 0.3) is 0 Å². The molecule has 1 atom stereocenters. The van der Waals surface area contributed by atoms with E-state index in [-0.39, 0.29) is 17.7 Å². The molecule has 0 radical (unpaired) electrons. The Morgan fingerprint density at radius 3 is 2.12 bits per heavy atom. The van der Waals surface area contributed by atoms with Gasteiger partial charge < -0.3 is 10.6 Å². The second-order valence-electron chi connectivity index (χ2n) is 4.91. The van der Waals surface area contributed by atoms with Crippen LogP contribution in [0.1, 0.15) is 27.2 Å². The highest BCUT2D eigenvalue weighted by Gasteiger charge is 2.67. The Labute approximate surface area is 111 Å². The Balaban J connectivity index is 2.21. The van der Waals surface area contributed by atoms with Gasteiger partial charge >= 0.3 is 0 Å². The number of alkyl halides is 2. The van der Waals surface area contributed by atoms with Crippen molar-refractivity contribution in [2.45, 2.75) is 31.5 Å². The van der Waals surface area contributed by atoms with E-state index in [1.54, 1.807) is 6.92 Å². The van der Waals surface area contributed by atoms with E-state index < -0.39 is 9.75 Å². The smallest absolute Gasteiger partial charge is 0.229 e. The van der Waals surface area contributed by atoms with Gasteiger partial charge in [0, 0.05) is 19.0 Å². The summed E-state index contributed by atoms with van der Waals surface area (Å²) in [6.45, 7) is 6.16. The Morgan fingerprint density at radius 2 is 1.71 bits per heavy atom. The zero-order valence-electron chi connectivity index (χ0n) is 10.3. The molecular formula is C11H18Cl2N2O2. The Hall–Kier alpha value is -0.480. The summed E-state index contributed by atoms with van der Waals surface area (Å²) in [7, 11) is 0. The van der Waals surface area contributed by atoms with Crippen molar-refractivity contribution in [1.29, 1.82) is 0 Å². The van der Waals surface area contributed by atoms with Crippen LogP contribution in [0.2, 0.25) is 0 Å². The molecule has 6 heteroatoms. The van der Waals surface area contributed by atoms with E-state index in [4.69, 9.17) is 23.2 Å². The molecule has 17 heavy (non-hydrogen) atoms. The number of carbonyl (C=O) groups is 2. The molecule has 1 aliphatic carbocycles. The third-order valence-corrected chi connectivity index (χ3v) is 4.09. The molecule has 1 aliphatic rings. The lowest BCUT2D eigenvalue weighted by Gasteiger charge is -2.13. The van der Waals surface area contributed by atoms with Gasteiger partial charge in [0.2, 0.25) is 11.8 Å². The van der Waals surface area contributed by atoms with Crippen LogP contribution in [0.15, 0.2) is 0 Å². The van der Waals surface area contributed by atoms with Gasteiger partial charge in [0.1, 0.15) is 4.33 Å². The quantitative estimate of drug-likeness (QED) is 0.592. The van der Waals surface area contributed by atoms with Crippen molar-refractivity contribution in [3.63, 3.8) is 0 Å². The largest absolute Gasteiger partial charge is 0.354 e. The maximum absolute atomic E-state index is 11.7. The molecule has 0 aromatic carbocycles. The number of nitrogens with one attached hydrogen (secondary N) is 2. The van der Waals surface area contributed by atoms with Crippen molar-refractivity contribution in [3.8, 4) is 0 Å². The SMILES string of the molecule is CC(C)C(=O)NCCNC(=O)C1(C)CC1(Cl)Cl. The van der Waals surface area contributed by atoms with Crippen molar-refractivity contribution < 1.29 is 9.59 Å². The first kappa shape index (κ1) is 14.6. The Kier molecular flexibility index (Phi) is 4.31. The molecule has 0 aromatic heterocycles. The standard InChI is InChI=1S/C11H18Cl2N2O2/c1-7(2)8(16)14-4-5-15-9(17)10(3)6-11(10,12)13/h7H,4-6H2,1-3H3,(H,14,16)(H,15,17). The Bertz CT molecular complexity index is 331. The summed E-state index contributed by atoms with van der Waals surface area (Å²) in [5.41, 5.74) is -0.696. The van der Waals surface area contributed by atoms with Gasteiger partial charge in [-0.25, -0.2) is 0 Å². The summed E-state index contributed by atoms with van der Waals surface area (Å²) in [4.78, 5) is 23.0. The third kappa shape index (κ3) is 3.26. The van der Waals surface area contributed by atoms with E-state index in [9.17, 15) is 9.59 Å². The average Bonchev–Trinajstić information content (AvgIpc) is 2.73. The predicted octanol–water partition coefficient (Wildman–Crippen LogP) is 1.46. The molecule has 0 saturated heterocycles. The molecule has 2 N–H and O–H groups in total. The van der Waals surface area contributed by atoms with Crippen LogP contribution in [0.25, 0.3) is 0 Å². The summed E-state index contributed by atoms with van der Waals surface area (Å²) in [5, 5.41) is 5.42. The molecule has 0 bridgehead atoms. The average molecular weight is 281 g/mol. The molecule has 2 amide bonds. The van der Waals surface area contributed by atoms with Gasteiger partial charge in [-0.2, -0.15) is 0 Å². The molecule has 0 spiro atoms. The predicted molar refractivity (Wildman–Crippen MR) is 68.0 cm³/mol. The van der Waals surface area contributed by atoms with Crippen LogP contribution in [0.3, 0.4) is 0 Å². The van der Waals surface area contributed by atoms with Crippen molar-refractivity contribution in [1.82, 2.24) is 10.6 Å². The summed E-state index contributed by atoms with van der Waals surface area (Å²) < 4.78 is -0.946. The van der Waals surface area contributed by atoms with E-state index in [2.05, 4.69) is 10.6 Å². The fraction of sp³-hybridized carbons (Fsp3) is 0.818. The highest BCUT2D eigenvalue weighted by Crippen LogP contribution is 2.63. The van der Waals surface area contributed by atoms with E-state index >= 15 is 0 Å². The minimum atomic E-state index is -0.946. The van der Waals surface area contributed by atoms with Crippen molar-refractivity contribution in [2.24, 2.45) is 11.3 Å². The van der Waals surface area contributed by atoms with Crippen LogP contribution >= 0.6 is 23.2 Å². The van der Waals surface area contributed by atoms with Gasteiger partial charge in [0.15, 0.2) is 0 Å². The van der Waals surface area contributed by atoms with E-state index in [0.29, 0.717) is 19.5 Å². The van der Waals surface area contributed by atoms with E-state index in [0.717, 1.165) is 0 Å². The maximum Gasteiger partial charge on any atom is 0.229 e. The molecule has 1 unspecified atom stereocenters. The van der Waals surface area contributed by atoms with Gasteiger partial charge in [0.05, 0.1) is 5.41 Å². The fourth-order valence-corrected chi connectivity index (χ4v) is 2.11. The number of rotatable bonds is 5. The van der Waals surface area contributed by atoms with Gasteiger partial charge in [-0.3, -0.25) is 9.59 Å². The van der Waals surface area contributed by atoms with Crippen LogP contribution in [0.5, 0.6) is 0 Å². The van der Waals surface area contributed by atoms with Gasteiger partial charge in [-0.05, 0) is 13.3 Å². The van der Waals surface area contributed by atoms with Crippen molar-refractivity contribution in [3.05, 3.63) is 0 Å². The van der Waals surface area contributed by atoms with E-state index in [1.165, 1.54) is 0 Å². The second kappa shape index (κ2) is 5.02. The molecule has 0 heterocycles. The fourth-order valence-electron chi connectivity index (χ4n) is 1.41. The lowest BCUT2D eigenvalue weighted by molar-refractivity contribution is -0.126. The van der Waals surface area contributed by atoms with Crippen molar-refractivity contribution >= 4 is 35.0 Å². The van der Waals surface area contributed by atoms with Crippen LogP contribution in [-0.2, 0) is 9.59 Å². The molecule has 4 nitrogen and oxygen atoms in total. The number of halogens is 2. The van der Waals surface area contributed by atoms with Crippen LogP contribution in [0, 0.1) is 11.3 Å². The molecular weight excluding hydrogens is 263 g/mol. The Morgan fingerprint density at radius 1 is 1.24 bits per heavy atom. The summed E-state index contributed by atoms with van der Waals surface area (Å²) in [5.74, 6) is -0.243. The minimum absolute atomic E-state index is 0.0269. The first-order chi connectivity index (χ1) is 7.71. The molecule has 0 aromatic rings. The first-order valence-electron chi connectivity index (χ1n) is 5.64. The maximum atomic E-state index is 11.7. The zero-order chi connectivity index (χ0) is 13.3. The lowest BCUT2D eigenvalue weighted by atomic mass is 10.1. The van der Waals surface area contributed by atoms with E-state index in [1.807, 2.05) is 13.8 Å². The summed E-state index contributed by atoms with van der Waals surface area (Å²) in [6, 6.07) is 0. The monoisotopic (exact) mass is 280 g/mol. The molecule has 1 fully saturated rings. The van der Waals surface area contributed by atoms with Gasteiger partial charge in [-0.15, -0.1) is 23.2 Å². The summed E-state index contributed by atoms with van der Waals surface area (Å²) in [6.07, 6.45) is 0.466. The number of carbonyl (C=O) groups excluding carboxylic acids is 2. The third-order valence-electron chi connectivity index (χ3n) is 2.99. The molecule has 1 rings (SSSR count). The van der Waals surface area contributed by atoms with Crippen LogP contribution < -0.4 is 10.6 Å². The normalized spacial score (nSPS) is 25.5. The zero-order valence-corrected chi connectivity index (χ0v) is 11.8. The molecule has 0 aliphatic heterocycles. The second-order valence-corrected chi connectivity index (χ2v) is 6.40. The highest BCUT2D eigenvalue weighted by atomic mass is 35.5. The summed E-state index contributed by atoms with van der Waals surface area (Å²) >= 11 is 11.8.